The third kappa shape index (κ3) is 3.06. The topological polar surface area (TPSA) is 33.0 Å². The van der Waals surface area contributed by atoms with Crippen molar-refractivity contribution in [2.45, 2.75) is 32.9 Å². The van der Waals surface area contributed by atoms with Gasteiger partial charge in [0, 0.05) is 17.5 Å². The molecule has 2 rings (SSSR count). The third-order valence-corrected chi connectivity index (χ3v) is 3.09. The first-order valence-electron chi connectivity index (χ1n) is 6.36. The molecule has 0 aliphatic heterocycles. The van der Waals surface area contributed by atoms with E-state index in [2.05, 4.69) is 24.4 Å². The first-order chi connectivity index (χ1) is 8.69. The maximum atomic E-state index is 11.8. The van der Waals surface area contributed by atoms with E-state index in [-0.39, 0.29) is 11.9 Å². The molecule has 0 aliphatic rings. The van der Waals surface area contributed by atoms with Gasteiger partial charge < -0.3 is 5.32 Å². The average molecular weight is 243 g/mol. The number of hydrogen-bond acceptors (Lipinski definition) is 1. The standard InChI is InChI=1S/C15H18N2O/c1-3-12(2)16-15(18)11-17-9-8-13-6-4-5-7-14(13)10-17/h4-10,12H,3,11H2,1-2H3/p+1/t12-/m0/s1. The van der Waals surface area contributed by atoms with Crippen LogP contribution in [-0.2, 0) is 11.3 Å². The lowest BCUT2D eigenvalue weighted by atomic mass is 10.2. The van der Waals surface area contributed by atoms with Crippen LogP contribution in [0.5, 0.6) is 0 Å². The fourth-order valence-electron chi connectivity index (χ4n) is 1.86. The zero-order valence-corrected chi connectivity index (χ0v) is 10.9. The lowest BCUT2D eigenvalue weighted by Crippen LogP contribution is -2.44. The summed E-state index contributed by atoms with van der Waals surface area (Å²) in [6, 6.07) is 10.4. The van der Waals surface area contributed by atoms with Gasteiger partial charge in [-0.1, -0.05) is 25.1 Å². The van der Waals surface area contributed by atoms with Crippen molar-refractivity contribution in [1.82, 2.24) is 5.32 Å². The first-order valence-corrected chi connectivity index (χ1v) is 6.36. The predicted molar refractivity (Wildman–Crippen MR) is 72.0 cm³/mol. The van der Waals surface area contributed by atoms with Crippen LogP contribution in [0.4, 0.5) is 0 Å². The van der Waals surface area contributed by atoms with Gasteiger partial charge in [0.25, 0.3) is 5.91 Å². The molecular formula is C15H19N2O+. The number of carbonyl (C=O) groups excluding carboxylic acids is 1. The van der Waals surface area contributed by atoms with Crippen molar-refractivity contribution in [2.24, 2.45) is 0 Å². The van der Waals surface area contributed by atoms with Gasteiger partial charge in [0.2, 0.25) is 6.54 Å². The Morgan fingerprint density at radius 3 is 2.72 bits per heavy atom. The quantitative estimate of drug-likeness (QED) is 0.819. The molecule has 0 fully saturated rings. The lowest BCUT2D eigenvalue weighted by molar-refractivity contribution is -0.683. The summed E-state index contributed by atoms with van der Waals surface area (Å²) < 4.78 is 1.92. The van der Waals surface area contributed by atoms with E-state index >= 15 is 0 Å². The highest BCUT2D eigenvalue weighted by Gasteiger charge is 2.11. The Kier molecular flexibility index (Phi) is 3.92. The Labute approximate surface area is 107 Å². The van der Waals surface area contributed by atoms with E-state index in [1.807, 2.05) is 42.1 Å². The molecule has 0 unspecified atom stereocenters. The molecule has 1 N–H and O–H groups in total. The van der Waals surface area contributed by atoms with Gasteiger partial charge in [-0.25, -0.2) is 0 Å². The van der Waals surface area contributed by atoms with Crippen molar-refractivity contribution < 1.29 is 9.36 Å². The van der Waals surface area contributed by atoms with Gasteiger partial charge in [-0.3, -0.25) is 4.79 Å². The first kappa shape index (κ1) is 12.6. The lowest BCUT2D eigenvalue weighted by Gasteiger charge is -2.09. The van der Waals surface area contributed by atoms with Gasteiger partial charge in [-0.15, -0.1) is 0 Å². The molecule has 0 spiro atoms. The molecule has 3 nitrogen and oxygen atoms in total. The van der Waals surface area contributed by atoms with E-state index in [1.54, 1.807) is 0 Å². The van der Waals surface area contributed by atoms with E-state index in [1.165, 1.54) is 5.39 Å². The fraction of sp³-hybridized carbons (Fsp3) is 0.333. The third-order valence-electron chi connectivity index (χ3n) is 3.09. The number of aromatic nitrogens is 1. The van der Waals surface area contributed by atoms with E-state index in [9.17, 15) is 4.79 Å². The summed E-state index contributed by atoms with van der Waals surface area (Å²) in [4.78, 5) is 11.8. The summed E-state index contributed by atoms with van der Waals surface area (Å²) in [7, 11) is 0. The minimum atomic E-state index is 0.0598. The van der Waals surface area contributed by atoms with Crippen LogP contribution in [0.3, 0.4) is 0 Å². The molecule has 1 aromatic carbocycles. The Balaban J connectivity index is 2.10. The molecular weight excluding hydrogens is 224 g/mol. The van der Waals surface area contributed by atoms with Crippen LogP contribution < -0.4 is 9.88 Å². The van der Waals surface area contributed by atoms with Gasteiger partial charge in [-0.05, 0) is 24.8 Å². The fourth-order valence-corrected chi connectivity index (χ4v) is 1.86. The highest BCUT2D eigenvalue weighted by Crippen LogP contribution is 2.09. The SMILES string of the molecule is CC[C@H](C)NC(=O)C[n+]1ccc2ccccc2c1. The van der Waals surface area contributed by atoms with Gasteiger partial charge in [-0.2, -0.15) is 4.57 Å². The van der Waals surface area contributed by atoms with Crippen LogP contribution in [0.25, 0.3) is 10.8 Å². The van der Waals surface area contributed by atoms with Crippen LogP contribution in [0.2, 0.25) is 0 Å². The van der Waals surface area contributed by atoms with Crippen molar-refractivity contribution in [3.63, 3.8) is 0 Å². The van der Waals surface area contributed by atoms with Gasteiger partial charge in [0.1, 0.15) is 0 Å². The number of amides is 1. The number of carbonyl (C=O) groups is 1. The number of pyridine rings is 1. The van der Waals surface area contributed by atoms with Crippen LogP contribution in [0.15, 0.2) is 42.7 Å². The molecule has 3 heteroatoms. The van der Waals surface area contributed by atoms with Crippen molar-refractivity contribution >= 4 is 16.7 Å². The number of nitrogens with zero attached hydrogens (tertiary/aromatic N) is 1. The van der Waals surface area contributed by atoms with E-state index in [4.69, 9.17) is 0 Å². The molecule has 1 aromatic heterocycles. The van der Waals surface area contributed by atoms with Crippen molar-refractivity contribution in [1.29, 1.82) is 0 Å². The summed E-state index contributed by atoms with van der Waals surface area (Å²) in [6.45, 7) is 4.45. The zero-order chi connectivity index (χ0) is 13.0. The molecule has 18 heavy (non-hydrogen) atoms. The minimum Gasteiger partial charge on any atom is -0.348 e. The second kappa shape index (κ2) is 5.63. The molecule has 0 saturated heterocycles. The van der Waals surface area contributed by atoms with Crippen LogP contribution in [-0.4, -0.2) is 11.9 Å². The highest BCUT2D eigenvalue weighted by atomic mass is 16.2. The number of rotatable bonds is 4. The summed E-state index contributed by atoms with van der Waals surface area (Å²) >= 11 is 0. The number of nitrogens with one attached hydrogen (secondary N) is 1. The Bertz CT molecular complexity index is 551. The second-order valence-electron chi connectivity index (χ2n) is 4.62. The molecule has 1 heterocycles. The molecule has 0 saturated carbocycles. The maximum Gasteiger partial charge on any atom is 0.286 e. The second-order valence-corrected chi connectivity index (χ2v) is 4.62. The molecule has 1 amide bonds. The normalized spacial score (nSPS) is 12.3. The molecule has 94 valence electrons. The molecule has 0 aliphatic carbocycles. The Hall–Kier alpha value is -1.90. The number of hydrogen-bond donors (Lipinski definition) is 1. The van der Waals surface area contributed by atoms with E-state index in [0.29, 0.717) is 6.54 Å². The van der Waals surface area contributed by atoms with Gasteiger partial charge in [0.15, 0.2) is 12.4 Å². The van der Waals surface area contributed by atoms with Crippen molar-refractivity contribution in [3.05, 3.63) is 42.7 Å². The van der Waals surface area contributed by atoms with Gasteiger partial charge >= 0.3 is 0 Å². The largest absolute Gasteiger partial charge is 0.348 e. The summed E-state index contributed by atoms with van der Waals surface area (Å²) in [5.74, 6) is 0.0598. The van der Waals surface area contributed by atoms with Gasteiger partial charge in [0.05, 0.1) is 0 Å². The smallest absolute Gasteiger partial charge is 0.286 e. The summed E-state index contributed by atoms with van der Waals surface area (Å²) in [5.41, 5.74) is 0. The molecule has 0 bridgehead atoms. The number of benzene rings is 1. The summed E-state index contributed by atoms with van der Waals surface area (Å²) in [6.07, 6.45) is 4.90. The minimum absolute atomic E-state index is 0.0598. The highest BCUT2D eigenvalue weighted by molar-refractivity contribution is 5.80. The van der Waals surface area contributed by atoms with Crippen LogP contribution in [0.1, 0.15) is 20.3 Å². The van der Waals surface area contributed by atoms with Crippen LogP contribution in [0, 0.1) is 0 Å². The van der Waals surface area contributed by atoms with E-state index < -0.39 is 0 Å². The molecule has 0 radical (unpaired) electrons. The Morgan fingerprint density at radius 2 is 2.00 bits per heavy atom. The monoisotopic (exact) mass is 243 g/mol. The van der Waals surface area contributed by atoms with Crippen molar-refractivity contribution in [2.75, 3.05) is 0 Å². The van der Waals surface area contributed by atoms with Crippen LogP contribution >= 0.6 is 0 Å². The predicted octanol–water partition coefficient (Wildman–Crippen LogP) is 2.04. The van der Waals surface area contributed by atoms with Crippen molar-refractivity contribution in [3.8, 4) is 0 Å². The molecule has 1 atom stereocenters. The average Bonchev–Trinajstić information content (AvgIpc) is 2.38. The zero-order valence-electron chi connectivity index (χ0n) is 10.9. The molecule has 2 aromatic rings. The number of fused-ring (bicyclic) bond motifs is 1. The Morgan fingerprint density at radius 1 is 1.28 bits per heavy atom. The van der Waals surface area contributed by atoms with E-state index in [0.717, 1.165) is 11.8 Å². The maximum absolute atomic E-state index is 11.8. The summed E-state index contributed by atoms with van der Waals surface area (Å²) in [5, 5.41) is 5.31.